The summed E-state index contributed by atoms with van der Waals surface area (Å²) in [6, 6.07) is 0. The number of tetrazole rings is 1. The SMILES string of the molecule is O=C1CN=CNc2c1ncn2CCCCCc1nn[nH]n1. The molecule has 0 spiro atoms. The largest absolute Gasteiger partial charge is 0.331 e. The van der Waals surface area contributed by atoms with Gasteiger partial charge in [-0.1, -0.05) is 11.6 Å². The number of hydrogen-bond acceptors (Lipinski definition) is 7. The Morgan fingerprint density at radius 1 is 1.29 bits per heavy atom. The zero-order valence-corrected chi connectivity index (χ0v) is 11.5. The summed E-state index contributed by atoms with van der Waals surface area (Å²) in [5.41, 5.74) is 0.472. The van der Waals surface area contributed by atoms with Crippen molar-refractivity contribution in [1.82, 2.24) is 30.2 Å². The number of carbonyl (C=O) groups excluding carboxylic acids is 1. The second-order valence-electron chi connectivity index (χ2n) is 4.81. The van der Waals surface area contributed by atoms with Gasteiger partial charge in [-0.15, -0.1) is 10.2 Å². The minimum Gasteiger partial charge on any atom is -0.331 e. The van der Waals surface area contributed by atoms with E-state index in [1.54, 1.807) is 12.7 Å². The quantitative estimate of drug-likeness (QED) is 0.746. The fraction of sp³-hybridized carbons (Fsp3) is 0.500. The van der Waals surface area contributed by atoms with Gasteiger partial charge in [-0.25, -0.2) is 4.98 Å². The van der Waals surface area contributed by atoms with Crippen molar-refractivity contribution in [2.24, 2.45) is 4.99 Å². The summed E-state index contributed by atoms with van der Waals surface area (Å²) in [7, 11) is 0. The van der Waals surface area contributed by atoms with Gasteiger partial charge >= 0.3 is 0 Å². The topological polar surface area (TPSA) is 114 Å². The van der Waals surface area contributed by atoms with Crippen LogP contribution in [0.15, 0.2) is 11.3 Å². The first-order valence-corrected chi connectivity index (χ1v) is 6.90. The van der Waals surface area contributed by atoms with Gasteiger partial charge in [0.15, 0.2) is 11.5 Å². The lowest BCUT2D eigenvalue weighted by Gasteiger charge is -2.07. The number of nitrogens with one attached hydrogen (secondary N) is 2. The van der Waals surface area contributed by atoms with Crippen molar-refractivity contribution < 1.29 is 4.79 Å². The van der Waals surface area contributed by atoms with Crippen molar-refractivity contribution in [2.75, 3.05) is 11.9 Å². The van der Waals surface area contributed by atoms with E-state index in [1.165, 1.54) is 0 Å². The summed E-state index contributed by atoms with van der Waals surface area (Å²) < 4.78 is 1.96. The molecule has 0 amide bonds. The number of carbonyl (C=O) groups is 1. The summed E-state index contributed by atoms with van der Waals surface area (Å²) in [4.78, 5) is 19.9. The highest BCUT2D eigenvalue weighted by atomic mass is 16.1. The third-order valence-electron chi connectivity index (χ3n) is 3.32. The number of aromatic amines is 1. The number of nitrogens with zero attached hydrogens (tertiary/aromatic N) is 6. The number of aryl methyl sites for hydroxylation is 2. The van der Waals surface area contributed by atoms with Gasteiger partial charge in [-0.3, -0.25) is 9.79 Å². The van der Waals surface area contributed by atoms with Crippen molar-refractivity contribution in [3.8, 4) is 0 Å². The Bertz CT molecular complexity index is 630. The molecule has 0 saturated carbocycles. The van der Waals surface area contributed by atoms with Crippen LogP contribution in [0.2, 0.25) is 0 Å². The summed E-state index contributed by atoms with van der Waals surface area (Å²) >= 11 is 0. The third kappa shape index (κ3) is 3.12. The van der Waals surface area contributed by atoms with E-state index in [4.69, 9.17) is 0 Å². The van der Waals surface area contributed by atoms with Gasteiger partial charge in [-0.05, 0) is 12.8 Å². The van der Waals surface area contributed by atoms with E-state index in [2.05, 4.69) is 35.9 Å². The Kier molecular flexibility index (Phi) is 3.99. The number of fused-ring (bicyclic) bond motifs is 1. The van der Waals surface area contributed by atoms with E-state index < -0.39 is 0 Å². The molecule has 0 unspecified atom stereocenters. The molecule has 9 heteroatoms. The molecular weight excluding hydrogens is 272 g/mol. The molecule has 21 heavy (non-hydrogen) atoms. The molecule has 1 aliphatic heterocycles. The summed E-state index contributed by atoms with van der Waals surface area (Å²) in [5.74, 6) is 1.43. The molecule has 0 aromatic carbocycles. The van der Waals surface area contributed by atoms with Crippen molar-refractivity contribution >= 4 is 17.9 Å². The van der Waals surface area contributed by atoms with Gasteiger partial charge in [-0.2, -0.15) is 5.21 Å². The number of aliphatic imine (C=N–C) groups is 1. The summed E-state index contributed by atoms with van der Waals surface area (Å²) in [6.45, 7) is 0.963. The number of anilines is 1. The van der Waals surface area contributed by atoms with Gasteiger partial charge < -0.3 is 9.88 Å². The van der Waals surface area contributed by atoms with Crippen molar-refractivity contribution in [1.29, 1.82) is 0 Å². The lowest BCUT2D eigenvalue weighted by atomic mass is 10.2. The molecule has 3 rings (SSSR count). The number of hydrogen-bond donors (Lipinski definition) is 2. The number of aromatic nitrogens is 6. The van der Waals surface area contributed by atoms with Gasteiger partial charge in [0, 0.05) is 13.0 Å². The molecule has 0 atom stereocenters. The van der Waals surface area contributed by atoms with Crippen LogP contribution in [-0.4, -0.2) is 48.8 Å². The Morgan fingerprint density at radius 3 is 3.10 bits per heavy atom. The van der Waals surface area contributed by atoms with Gasteiger partial charge in [0.25, 0.3) is 0 Å². The minimum atomic E-state index is -0.0536. The number of imidazole rings is 1. The van der Waals surface area contributed by atoms with Crippen LogP contribution in [0.5, 0.6) is 0 Å². The molecule has 0 aliphatic carbocycles. The molecule has 0 bridgehead atoms. The first-order valence-electron chi connectivity index (χ1n) is 6.90. The van der Waals surface area contributed by atoms with Gasteiger partial charge in [0.05, 0.1) is 12.7 Å². The molecule has 2 aromatic heterocycles. The van der Waals surface area contributed by atoms with Crippen LogP contribution in [0.3, 0.4) is 0 Å². The second-order valence-corrected chi connectivity index (χ2v) is 4.81. The average Bonchev–Trinajstić information content (AvgIpc) is 3.09. The number of unbranched alkanes of at least 4 members (excludes halogenated alkanes) is 2. The van der Waals surface area contributed by atoms with Crippen LogP contribution >= 0.6 is 0 Å². The zero-order chi connectivity index (χ0) is 14.5. The maximum Gasteiger partial charge on any atom is 0.206 e. The number of H-pyrrole nitrogens is 1. The highest BCUT2D eigenvalue weighted by molar-refractivity contribution is 6.03. The highest BCUT2D eigenvalue weighted by Crippen LogP contribution is 2.17. The molecule has 2 aromatic rings. The first kappa shape index (κ1) is 13.4. The second kappa shape index (κ2) is 6.25. The normalized spacial score (nSPS) is 13.8. The van der Waals surface area contributed by atoms with E-state index >= 15 is 0 Å². The number of Topliss-reactive ketones (excluding diaryl/α,β-unsaturated/α-hetero) is 1. The van der Waals surface area contributed by atoms with E-state index in [1.807, 2.05) is 4.57 Å². The number of ketones is 1. The number of rotatable bonds is 6. The lowest BCUT2D eigenvalue weighted by Crippen LogP contribution is -2.07. The molecule has 9 nitrogen and oxygen atoms in total. The van der Waals surface area contributed by atoms with Crippen molar-refractivity contribution in [3.05, 3.63) is 17.8 Å². The van der Waals surface area contributed by atoms with E-state index in [9.17, 15) is 4.79 Å². The van der Waals surface area contributed by atoms with Gasteiger partial charge in [0.1, 0.15) is 12.4 Å². The third-order valence-corrected chi connectivity index (χ3v) is 3.32. The molecule has 0 radical (unpaired) electrons. The summed E-state index contributed by atoms with van der Waals surface area (Å²) in [6.07, 6.45) is 7.12. The predicted octanol–water partition coefficient (Wildman–Crippen LogP) is 0.446. The van der Waals surface area contributed by atoms with Crippen LogP contribution in [0.1, 0.15) is 35.6 Å². The Morgan fingerprint density at radius 2 is 2.24 bits per heavy atom. The maximum atomic E-state index is 11.8. The summed E-state index contributed by atoms with van der Waals surface area (Å²) in [5, 5.41) is 16.8. The lowest BCUT2D eigenvalue weighted by molar-refractivity contribution is 0.0999. The average molecular weight is 288 g/mol. The van der Waals surface area contributed by atoms with Crippen LogP contribution in [0, 0.1) is 0 Å². The minimum absolute atomic E-state index is 0.0536. The smallest absolute Gasteiger partial charge is 0.206 e. The molecule has 110 valence electrons. The van der Waals surface area contributed by atoms with Crippen LogP contribution in [0.4, 0.5) is 5.82 Å². The Balaban J connectivity index is 1.50. The van der Waals surface area contributed by atoms with Crippen LogP contribution in [0.25, 0.3) is 0 Å². The van der Waals surface area contributed by atoms with Gasteiger partial charge in [0.2, 0.25) is 5.78 Å². The molecule has 0 fully saturated rings. The Hall–Kier alpha value is -2.58. The molecule has 3 heterocycles. The van der Waals surface area contributed by atoms with Crippen molar-refractivity contribution in [2.45, 2.75) is 32.2 Å². The monoisotopic (exact) mass is 288 g/mol. The molecule has 1 aliphatic rings. The van der Waals surface area contributed by atoms with Crippen LogP contribution in [-0.2, 0) is 13.0 Å². The standard InChI is InChI=1S/C12H16N8O/c21-9-6-13-7-14-12-11(9)15-8-20(12)5-3-1-2-4-10-16-18-19-17-10/h7-8H,1-6H2,(H,13,14)(H,16,17,18,19). The zero-order valence-electron chi connectivity index (χ0n) is 11.5. The highest BCUT2D eigenvalue weighted by Gasteiger charge is 2.18. The van der Waals surface area contributed by atoms with E-state index in [0.717, 1.165) is 43.9 Å². The maximum absolute atomic E-state index is 11.8. The first-order chi connectivity index (χ1) is 10.3. The fourth-order valence-corrected chi connectivity index (χ4v) is 2.25. The Labute approximate surface area is 120 Å². The van der Waals surface area contributed by atoms with Crippen LogP contribution < -0.4 is 5.32 Å². The fourth-order valence-electron chi connectivity index (χ4n) is 2.25. The van der Waals surface area contributed by atoms with Crippen molar-refractivity contribution in [3.63, 3.8) is 0 Å². The predicted molar refractivity (Wildman–Crippen MR) is 75.3 cm³/mol. The van der Waals surface area contributed by atoms with E-state index in [0.29, 0.717) is 5.69 Å². The molecular formula is C12H16N8O. The van der Waals surface area contributed by atoms with E-state index in [-0.39, 0.29) is 12.3 Å². The molecule has 2 N–H and O–H groups in total. The molecule has 0 saturated heterocycles.